The van der Waals surface area contributed by atoms with Crippen molar-refractivity contribution in [2.45, 2.75) is 25.0 Å². The second kappa shape index (κ2) is 4.42. The number of carbonyl (C=O) groups excluding carboxylic acids is 1. The van der Waals surface area contributed by atoms with Crippen LogP contribution >= 0.6 is 0 Å². The van der Waals surface area contributed by atoms with E-state index in [1.165, 1.54) is 7.11 Å². The molecule has 0 radical (unpaired) electrons. The smallest absolute Gasteiger partial charge is 0.306 e. The molecule has 12 heavy (non-hydrogen) atoms. The quantitative estimate of drug-likeness (QED) is 0.628. The van der Waals surface area contributed by atoms with Crippen LogP contribution in [0.1, 0.15) is 19.8 Å². The Kier molecular flexibility index (Phi) is 4.19. The van der Waals surface area contributed by atoms with Crippen molar-refractivity contribution >= 4 is 15.9 Å². The van der Waals surface area contributed by atoms with Crippen molar-refractivity contribution in [3.63, 3.8) is 0 Å². The molecule has 72 valence electrons. The molecule has 2 unspecified atom stereocenters. The van der Waals surface area contributed by atoms with Crippen LogP contribution < -0.4 is 5.14 Å². The molecule has 0 aromatic rings. The molecule has 0 amide bonds. The number of methoxy groups -OCH3 is 1. The Bertz CT molecular complexity index is 248. The van der Waals surface area contributed by atoms with E-state index in [4.69, 9.17) is 9.92 Å². The minimum Gasteiger partial charge on any atom is -0.469 e. The first-order chi connectivity index (χ1) is 5.41. The summed E-state index contributed by atoms with van der Waals surface area (Å²) in [5.41, 5.74) is 0. The van der Waals surface area contributed by atoms with Crippen LogP contribution in [0.2, 0.25) is 0 Å². The molecule has 0 fully saturated rings. The van der Waals surface area contributed by atoms with Crippen LogP contribution in [0.15, 0.2) is 0 Å². The summed E-state index contributed by atoms with van der Waals surface area (Å²) in [5, 5.41) is 4.47. The maximum absolute atomic E-state index is 11.0. The lowest BCUT2D eigenvalue weighted by molar-refractivity contribution is -0.140. The molecule has 0 spiro atoms. The van der Waals surface area contributed by atoms with Crippen LogP contribution in [0.25, 0.3) is 0 Å². The molecule has 0 saturated heterocycles. The van der Waals surface area contributed by atoms with Crippen LogP contribution in [-0.2, 0) is 19.4 Å². The third-order valence-electron chi connectivity index (χ3n) is 1.57. The topological polar surface area (TPSA) is 93.2 Å². The summed E-state index contributed by atoms with van der Waals surface area (Å²) in [6.07, 6.45) is 0.389. The fraction of sp³-hybridized carbons (Fsp3) is 0.833. The van der Waals surface area contributed by atoms with Gasteiger partial charge in [-0.2, -0.15) is 0 Å². The van der Waals surface area contributed by atoms with Gasteiger partial charge in [0.05, 0.1) is 18.8 Å². The molecule has 0 aromatic carbocycles. The van der Waals surface area contributed by atoms with E-state index in [2.05, 4.69) is 4.74 Å². The Morgan fingerprint density at radius 3 is 2.50 bits per heavy atom. The molecule has 2 atom stereocenters. The van der Waals surface area contributed by atoms with Gasteiger partial charge in [0, 0.05) is 0 Å². The highest BCUT2D eigenvalue weighted by atomic mass is 32.2. The summed E-state index contributed by atoms with van der Waals surface area (Å²) in [4.78, 5) is 10.7. The van der Waals surface area contributed by atoms with Gasteiger partial charge in [-0.1, -0.05) is 6.92 Å². The normalized spacial score (nSPS) is 17.9. The molecule has 0 heterocycles. The lowest BCUT2D eigenvalue weighted by Gasteiger charge is -2.12. The monoisotopic (exact) mass is 194 g/mol. The summed E-state index contributed by atoms with van der Waals surface area (Å²) in [5.74, 6) is -0.479. The molecular weight excluding hydrogens is 180 g/mol. The van der Waals surface area contributed by atoms with Crippen molar-refractivity contribution in [1.82, 2.24) is 0 Å². The average Bonchev–Trinajstić information content (AvgIpc) is 1.97. The first kappa shape index (κ1) is 11.4. The molecule has 0 rings (SSSR count). The Morgan fingerprint density at radius 1 is 1.75 bits per heavy atom. The van der Waals surface area contributed by atoms with E-state index in [1.807, 2.05) is 0 Å². The number of esters is 1. The maximum Gasteiger partial charge on any atom is 0.306 e. The summed E-state index contributed by atoms with van der Waals surface area (Å²) >= 11 is 0. The van der Waals surface area contributed by atoms with Crippen molar-refractivity contribution in [3.8, 4) is 0 Å². The number of ether oxygens (including phenoxy) is 1. The predicted molar refractivity (Wildman–Crippen MR) is 45.8 cm³/mol. The highest BCUT2D eigenvalue weighted by Gasteiger charge is 2.19. The van der Waals surface area contributed by atoms with E-state index in [9.17, 15) is 9.00 Å². The molecule has 0 aromatic heterocycles. The van der Waals surface area contributed by atoms with Gasteiger partial charge in [-0.3, -0.25) is 4.79 Å². The van der Waals surface area contributed by atoms with E-state index in [-0.39, 0.29) is 6.42 Å². The highest BCUT2D eigenvalue weighted by molar-refractivity contribution is 7.90. The standard InChI is InChI=1S/C6H14N2O3S/c1-3-5(12(7,8)10)4-6(9)11-2/h5H,3-4H2,1-2H3,(H3,7,8,10). The Morgan fingerprint density at radius 2 is 2.25 bits per heavy atom. The number of carbonyl (C=O) groups is 1. The molecule has 0 bridgehead atoms. The van der Waals surface area contributed by atoms with Gasteiger partial charge in [-0.15, -0.1) is 0 Å². The third-order valence-corrected chi connectivity index (χ3v) is 3.06. The fourth-order valence-electron chi connectivity index (χ4n) is 0.785. The first-order valence-electron chi connectivity index (χ1n) is 3.54. The SMILES string of the molecule is CCC(CC(=O)OC)S(=N)(N)=O. The van der Waals surface area contributed by atoms with Crippen LogP contribution in [0.5, 0.6) is 0 Å². The number of rotatable bonds is 4. The second-order valence-electron chi connectivity index (χ2n) is 2.46. The zero-order valence-electron chi connectivity index (χ0n) is 7.20. The van der Waals surface area contributed by atoms with E-state index in [1.54, 1.807) is 6.92 Å². The van der Waals surface area contributed by atoms with E-state index >= 15 is 0 Å². The molecule has 0 aliphatic heterocycles. The van der Waals surface area contributed by atoms with Gasteiger partial charge >= 0.3 is 5.97 Å². The molecule has 0 saturated carbocycles. The molecule has 6 heteroatoms. The van der Waals surface area contributed by atoms with E-state index < -0.39 is 21.1 Å². The highest BCUT2D eigenvalue weighted by Crippen LogP contribution is 2.07. The summed E-state index contributed by atoms with van der Waals surface area (Å²) in [7, 11) is -1.87. The summed E-state index contributed by atoms with van der Waals surface area (Å²) < 4.78 is 22.4. The first-order valence-corrected chi connectivity index (χ1v) is 5.22. The lowest BCUT2D eigenvalue weighted by atomic mass is 10.2. The van der Waals surface area contributed by atoms with Crippen LogP contribution in [-0.4, -0.2) is 22.5 Å². The number of nitrogens with two attached hydrogens (primary N) is 1. The third kappa shape index (κ3) is 3.68. The van der Waals surface area contributed by atoms with Gasteiger partial charge in [0.2, 0.25) is 0 Å². The minimum absolute atomic E-state index is 0.0498. The van der Waals surface area contributed by atoms with Gasteiger partial charge in [-0.05, 0) is 6.42 Å². The van der Waals surface area contributed by atoms with Crippen molar-refractivity contribution in [1.29, 1.82) is 4.78 Å². The Hall–Kier alpha value is -0.620. The van der Waals surface area contributed by atoms with Gasteiger partial charge in [0.25, 0.3) is 0 Å². The fourth-order valence-corrected chi connectivity index (χ4v) is 1.66. The molecule has 0 aliphatic carbocycles. The van der Waals surface area contributed by atoms with Crippen molar-refractivity contribution in [2.75, 3.05) is 7.11 Å². The van der Waals surface area contributed by atoms with Crippen molar-refractivity contribution in [3.05, 3.63) is 0 Å². The molecular formula is C6H14N2O3S. The molecule has 3 N–H and O–H groups in total. The maximum atomic E-state index is 11.0. The molecule has 0 aliphatic rings. The number of hydrogen-bond acceptors (Lipinski definition) is 4. The van der Waals surface area contributed by atoms with Crippen LogP contribution in [0.4, 0.5) is 0 Å². The second-order valence-corrected chi connectivity index (χ2v) is 4.42. The zero-order valence-corrected chi connectivity index (χ0v) is 8.02. The summed E-state index contributed by atoms with van der Waals surface area (Å²) in [6, 6.07) is 0. The van der Waals surface area contributed by atoms with Crippen LogP contribution in [0.3, 0.4) is 0 Å². The summed E-state index contributed by atoms with van der Waals surface area (Å²) in [6.45, 7) is 1.73. The van der Waals surface area contributed by atoms with E-state index in [0.717, 1.165) is 0 Å². The molecule has 5 nitrogen and oxygen atoms in total. The average molecular weight is 194 g/mol. The minimum atomic E-state index is -3.12. The number of hydrogen-bond donors (Lipinski definition) is 2. The predicted octanol–water partition coefficient (Wildman–Crippen LogP) is 0.249. The Balaban J connectivity index is 4.30. The Labute approximate surface area is 72.4 Å². The van der Waals surface area contributed by atoms with Gasteiger partial charge in [-0.25, -0.2) is 14.1 Å². The van der Waals surface area contributed by atoms with Crippen molar-refractivity contribution in [2.24, 2.45) is 5.14 Å². The van der Waals surface area contributed by atoms with Crippen molar-refractivity contribution < 1.29 is 13.7 Å². The lowest BCUT2D eigenvalue weighted by Crippen LogP contribution is -2.29. The number of nitrogens with one attached hydrogen (secondary N) is 1. The van der Waals surface area contributed by atoms with E-state index in [0.29, 0.717) is 6.42 Å². The van der Waals surface area contributed by atoms with Crippen LogP contribution in [0, 0.1) is 4.78 Å². The van der Waals surface area contributed by atoms with Gasteiger partial charge in [0.15, 0.2) is 0 Å². The largest absolute Gasteiger partial charge is 0.469 e. The van der Waals surface area contributed by atoms with Gasteiger partial charge < -0.3 is 4.74 Å². The zero-order chi connectivity index (χ0) is 9.78. The van der Waals surface area contributed by atoms with Gasteiger partial charge in [0.1, 0.15) is 9.92 Å².